The van der Waals surface area contributed by atoms with E-state index in [1.54, 1.807) is 0 Å². The van der Waals surface area contributed by atoms with Gasteiger partial charge >= 0.3 is 0 Å². The third-order valence-electron chi connectivity index (χ3n) is 5.33. The third-order valence-corrected chi connectivity index (χ3v) is 5.33. The van der Waals surface area contributed by atoms with E-state index in [4.69, 9.17) is 0 Å². The lowest BCUT2D eigenvalue weighted by molar-refractivity contribution is 0.324. The Balaban J connectivity index is 2.09. The van der Waals surface area contributed by atoms with Gasteiger partial charge in [0.1, 0.15) is 0 Å². The molecule has 126 valence electrons. The summed E-state index contributed by atoms with van der Waals surface area (Å²) in [6, 6.07) is 0.815. The van der Waals surface area contributed by atoms with Crippen LogP contribution in [0.4, 0.5) is 0 Å². The van der Waals surface area contributed by atoms with E-state index < -0.39 is 0 Å². The van der Waals surface area contributed by atoms with Crippen LogP contribution in [-0.4, -0.2) is 12.6 Å². The largest absolute Gasteiger partial charge is 0.314 e. The van der Waals surface area contributed by atoms with Gasteiger partial charge in [-0.3, -0.25) is 0 Å². The molecule has 1 nitrogen and oxygen atoms in total. The van der Waals surface area contributed by atoms with Gasteiger partial charge in [0.2, 0.25) is 0 Å². The molecule has 0 aliphatic heterocycles. The lowest BCUT2D eigenvalue weighted by Crippen LogP contribution is -2.35. The Morgan fingerprint density at radius 3 is 2.10 bits per heavy atom. The normalized spacial score (nSPS) is 23.6. The molecule has 0 bridgehead atoms. The topological polar surface area (TPSA) is 12.0 Å². The summed E-state index contributed by atoms with van der Waals surface area (Å²) in [5.41, 5.74) is 0. The minimum Gasteiger partial charge on any atom is -0.314 e. The highest BCUT2D eigenvalue weighted by molar-refractivity contribution is 4.83. The molecule has 0 aromatic heterocycles. The smallest absolute Gasteiger partial charge is 0.00954 e. The fourth-order valence-corrected chi connectivity index (χ4v) is 3.95. The first-order valence-corrected chi connectivity index (χ1v) is 10.0. The summed E-state index contributed by atoms with van der Waals surface area (Å²) >= 11 is 0. The lowest BCUT2D eigenvalue weighted by Gasteiger charge is -2.25. The van der Waals surface area contributed by atoms with Crippen LogP contribution in [0.1, 0.15) is 104 Å². The summed E-state index contributed by atoms with van der Waals surface area (Å²) in [6.07, 6.45) is 18.7. The molecule has 1 heteroatoms. The van der Waals surface area contributed by atoms with Crippen molar-refractivity contribution in [1.82, 2.24) is 5.32 Å². The fraction of sp³-hybridized carbons (Fsp3) is 1.00. The Bertz CT molecular complexity index is 226. The quantitative estimate of drug-likeness (QED) is 0.392. The Labute approximate surface area is 134 Å². The molecule has 1 N–H and O–H groups in total. The molecule has 0 saturated heterocycles. The zero-order chi connectivity index (χ0) is 15.3. The minimum atomic E-state index is 0.815. The molecule has 1 aliphatic rings. The zero-order valence-electron chi connectivity index (χ0n) is 15.1. The maximum absolute atomic E-state index is 3.85. The Kier molecular flexibility index (Phi) is 11.3. The molecular formula is C20H41N. The van der Waals surface area contributed by atoms with Gasteiger partial charge in [0.15, 0.2) is 0 Å². The van der Waals surface area contributed by atoms with Gasteiger partial charge in [-0.2, -0.15) is 0 Å². The van der Waals surface area contributed by atoms with Crippen molar-refractivity contribution in [2.24, 2.45) is 11.8 Å². The van der Waals surface area contributed by atoms with Gasteiger partial charge in [-0.1, -0.05) is 78.6 Å². The maximum atomic E-state index is 3.85. The summed E-state index contributed by atoms with van der Waals surface area (Å²) in [5, 5.41) is 3.85. The van der Waals surface area contributed by atoms with E-state index in [0.717, 1.165) is 17.9 Å². The van der Waals surface area contributed by atoms with Crippen LogP contribution >= 0.6 is 0 Å². The molecule has 0 aromatic carbocycles. The van der Waals surface area contributed by atoms with Crippen molar-refractivity contribution < 1.29 is 0 Å². The molecule has 1 rings (SSSR count). The Hall–Kier alpha value is -0.0400. The maximum Gasteiger partial charge on any atom is 0.00954 e. The molecule has 0 radical (unpaired) electrons. The molecule has 3 unspecified atom stereocenters. The van der Waals surface area contributed by atoms with Crippen LogP contribution in [0.25, 0.3) is 0 Å². The molecule has 0 heterocycles. The highest BCUT2D eigenvalue weighted by Crippen LogP contribution is 2.34. The van der Waals surface area contributed by atoms with Gasteiger partial charge in [-0.15, -0.1) is 0 Å². The van der Waals surface area contributed by atoms with Gasteiger partial charge in [-0.05, 0) is 44.1 Å². The third kappa shape index (κ3) is 8.86. The van der Waals surface area contributed by atoms with E-state index >= 15 is 0 Å². The predicted octanol–water partition coefficient (Wildman–Crippen LogP) is 6.32. The molecule has 1 saturated carbocycles. The predicted molar refractivity (Wildman–Crippen MR) is 95.8 cm³/mol. The van der Waals surface area contributed by atoms with Crippen LogP contribution in [0.5, 0.6) is 0 Å². The second kappa shape index (κ2) is 12.5. The highest BCUT2D eigenvalue weighted by Gasteiger charge is 2.27. The number of rotatable bonds is 13. The molecular weight excluding hydrogens is 254 g/mol. The van der Waals surface area contributed by atoms with Gasteiger partial charge in [0.05, 0.1) is 0 Å². The van der Waals surface area contributed by atoms with Crippen molar-refractivity contribution in [3.05, 3.63) is 0 Å². The SMILES string of the molecule is CCCCCCCCCCC(NCCC)C1CCC(C)C1. The second-order valence-electron chi connectivity index (χ2n) is 7.50. The molecule has 0 aromatic rings. The Morgan fingerprint density at radius 1 is 0.857 bits per heavy atom. The van der Waals surface area contributed by atoms with Gasteiger partial charge in [-0.25, -0.2) is 0 Å². The van der Waals surface area contributed by atoms with Crippen LogP contribution in [-0.2, 0) is 0 Å². The molecule has 1 fully saturated rings. The van der Waals surface area contributed by atoms with Gasteiger partial charge in [0.25, 0.3) is 0 Å². The monoisotopic (exact) mass is 295 g/mol. The summed E-state index contributed by atoms with van der Waals surface area (Å²) in [4.78, 5) is 0. The van der Waals surface area contributed by atoms with E-state index in [0.29, 0.717) is 0 Å². The van der Waals surface area contributed by atoms with Crippen molar-refractivity contribution in [3.63, 3.8) is 0 Å². The molecule has 0 amide bonds. The van der Waals surface area contributed by atoms with Crippen molar-refractivity contribution in [2.45, 2.75) is 110 Å². The highest BCUT2D eigenvalue weighted by atomic mass is 14.9. The Morgan fingerprint density at radius 2 is 1.52 bits per heavy atom. The summed E-state index contributed by atoms with van der Waals surface area (Å²) in [7, 11) is 0. The van der Waals surface area contributed by atoms with Crippen molar-refractivity contribution in [1.29, 1.82) is 0 Å². The molecule has 3 atom stereocenters. The van der Waals surface area contributed by atoms with E-state index in [1.807, 2.05) is 0 Å². The zero-order valence-corrected chi connectivity index (χ0v) is 15.1. The van der Waals surface area contributed by atoms with Crippen LogP contribution < -0.4 is 5.32 Å². The number of hydrogen-bond donors (Lipinski definition) is 1. The average Bonchev–Trinajstić information content (AvgIpc) is 2.91. The molecule has 21 heavy (non-hydrogen) atoms. The van der Waals surface area contributed by atoms with Crippen molar-refractivity contribution in [3.8, 4) is 0 Å². The molecule has 1 aliphatic carbocycles. The minimum absolute atomic E-state index is 0.815. The van der Waals surface area contributed by atoms with Crippen LogP contribution in [0.3, 0.4) is 0 Å². The fourth-order valence-electron chi connectivity index (χ4n) is 3.95. The van der Waals surface area contributed by atoms with Crippen LogP contribution in [0, 0.1) is 11.8 Å². The summed E-state index contributed by atoms with van der Waals surface area (Å²) < 4.78 is 0. The van der Waals surface area contributed by atoms with Crippen molar-refractivity contribution in [2.75, 3.05) is 6.54 Å². The van der Waals surface area contributed by atoms with E-state index in [-0.39, 0.29) is 0 Å². The van der Waals surface area contributed by atoms with Gasteiger partial charge < -0.3 is 5.32 Å². The standard InChI is InChI=1S/C20H41N/c1-4-6-7-8-9-10-11-12-13-20(21-16-5-2)19-15-14-18(3)17-19/h18-21H,4-17H2,1-3H3. The van der Waals surface area contributed by atoms with Crippen molar-refractivity contribution >= 4 is 0 Å². The average molecular weight is 296 g/mol. The first-order valence-electron chi connectivity index (χ1n) is 10.0. The second-order valence-corrected chi connectivity index (χ2v) is 7.50. The molecule has 0 spiro atoms. The first kappa shape index (κ1) is 19.0. The van der Waals surface area contributed by atoms with E-state index in [2.05, 4.69) is 26.1 Å². The first-order chi connectivity index (χ1) is 10.3. The van der Waals surface area contributed by atoms with Crippen LogP contribution in [0.2, 0.25) is 0 Å². The van der Waals surface area contributed by atoms with E-state index in [9.17, 15) is 0 Å². The van der Waals surface area contributed by atoms with Gasteiger partial charge in [0, 0.05) is 6.04 Å². The number of nitrogens with one attached hydrogen (secondary N) is 1. The number of hydrogen-bond acceptors (Lipinski definition) is 1. The number of unbranched alkanes of at least 4 members (excludes halogenated alkanes) is 7. The lowest BCUT2D eigenvalue weighted by atomic mass is 9.92. The van der Waals surface area contributed by atoms with Crippen LogP contribution in [0.15, 0.2) is 0 Å². The summed E-state index contributed by atoms with van der Waals surface area (Å²) in [6.45, 7) is 8.24. The van der Waals surface area contributed by atoms with E-state index in [1.165, 1.54) is 90.0 Å². The summed E-state index contributed by atoms with van der Waals surface area (Å²) in [5.74, 6) is 1.94.